The first kappa shape index (κ1) is 17.1. The van der Waals surface area contributed by atoms with Crippen molar-refractivity contribution in [2.24, 2.45) is 0 Å². The normalized spacial score (nSPS) is 11.4. The van der Waals surface area contributed by atoms with Crippen LogP contribution in [-0.2, 0) is 25.3 Å². The molecule has 8 heteroatoms. The Balaban J connectivity index is 2.98. The van der Waals surface area contributed by atoms with E-state index < -0.39 is 28.5 Å². The van der Waals surface area contributed by atoms with Gasteiger partial charge < -0.3 is 9.84 Å². The molecule has 1 aromatic rings. The number of esters is 1. The third-order valence-electron chi connectivity index (χ3n) is 2.75. The monoisotopic (exact) mass is 315 g/mol. The van der Waals surface area contributed by atoms with Gasteiger partial charge in [-0.05, 0) is 17.7 Å². The topological polar surface area (TPSA) is 101 Å². The second-order valence-corrected chi connectivity index (χ2v) is 6.24. The highest BCUT2D eigenvalue weighted by molar-refractivity contribution is 7.88. The Morgan fingerprint density at radius 3 is 2.52 bits per heavy atom. The molecule has 0 aromatic heterocycles. The van der Waals surface area contributed by atoms with Crippen LogP contribution in [0.3, 0.4) is 0 Å². The molecule has 0 aliphatic heterocycles. The van der Waals surface area contributed by atoms with Gasteiger partial charge in [-0.3, -0.25) is 4.79 Å². The van der Waals surface area contributed by atoms with Crippen molar-refractivity contribution in [3.05, 3.63) is 35.4 Å². The SMILES string of the molecule is CCN(CC(=O)O)S(=O)(=O)Cc1cccc(C(=O)OC)c1. The van der Waals surface area contributed by atoms with Crippen molar-refractivity contribution < 1.29 is 27.9 Å². The fraction of sp³-hybridized carbons (Fsp3) is 0.385. The number of methoxy groups -OCH3 is 1. The van der Waals surface area contributed by atoms with Gasteiger partial charge in [-0.15, -0.1) is 0 Å². The largest absolute Gasteiger partial charge is 0.480 e. The summed E-state index contributed by atoms with van der Waals surface area (Å²) in [6.07, 6.45) is 0. The lowest BCUT2D eigenvalue weighted by Gasteiger charge is -2.18. The summed E-state index contributed by atoms with van der Waals surface area (Å²) in [6.45, 7) is 1.03. The number of ether oxygens (including phenoxy) is 1. The van der Waals surface area contributed by atoms with Crippen LogP contribution in [0.1, 0.15) is 22.8 Å². The molecule has 0 fully saturated rings. The lowest BCUT2D eigenvalue weighted by molar-refractivity contribution is -0.137. The van der Waals surface area contributed by atoms with E-state index in [1.54, 1.807) is 19.1 Å². The maximum Gasteiger partial charge on any atom is 0.337 e. The van der Waals surface area contributed by atoms with Gasteiger partial charge in [0.05, 0.1) is 18.4 Å². The summed E-state index contributed by atoms with van der Waals surface area (Å²) < 4.78 is 29.8. The third-order valence-corrected chi connectivity index (χ3v) is 4.63. The molecule has 1 rings (SSSR count). The molecule has 0 heterocycles. The van der Waals surface area contributed by atoms with Crippen molar-refractivity contribution in [1.29, 1.82) is 0 Å². The van der Waals surface area contributed by atoms with Crippen molar-refractivity contribution in [1.82, 2.24) is 4.31 Å². The van der Waals surface area contributed by atoms with Crippen LogP contribution in [0, 0.1) is 0 Å². The number of hydrogen-bond acceptors (Lipinski definition) is 5. The van der Waals surface area contributed by atoms with Crippen LogP contribution >= 0.6 is 0 Å². The molecule has 0 saturated heterocycles. The first-order chi connectivity index (χ1) is 9.80. The molecule has 1 aromatic carbocycles. The van der Waals surface area contributed by atoms with E-state index in [1.807, 2.05) is 0 Å². The lowest BCUT2D eigenvalue weighted by Crippen LogP contribution is -2.36. The number of benzene rings is 1. The van der Waals surface area contributed by atoms with Crippen molar-refractivity contribution >= 4 is 22.0 Å². The van der Waals surface area contributed by atoms with Crippen molar-refractivity contribution in [2.75, 3.05) is 20.2 Å². The van der Waals surface area contributed by atoms with Crippen LogP contribution in [0.2, 0.25) is 0 Å². The molecule has 7 nitrogen and oxygen atoms in total. The number of rotatable bonds is 7. The summed E-state index contributed by atoms with van der Waals surface area (Å²) in [5.41, 5.74) is 0.633. The van der Waals surface area contributed by atoms with Gasteiger partial charge in [-0.2, -0.15) is 4.31 Å². The highest BCUT2D eigenvalue weighted by Crippen LogP contribution is 2.13. The number of nitrogens with zero attached hydrogens (tertiary/aromatic N) is 1. The molecule has 0 aliphatic rings. The molecule has 0 spiro atoms. The predicted octanol–water partition coefficient (Wildman–Crippen LogP) is 0.709. The molecule has 21 heavy (non-hydrogen) atoms. The van der Waals surface area contributed by atoms with Crippen molar-refractivity contribution in [2.45, 2.75) is 12.7 Å². The highest BCUT2D eigenvalue weighted by atomic mass is 32.2. The summed E-state index contributed by atoms with van der Waals surface area (Å²) in [7, 11) is -2.54. The zero-order valence-electron chi connectivity index (χ0n) is 11.8. The Kier molecular flexibility index (Phi) is 5.86. The van der Waals surface area contributed by atoms with Crippen LogP contribution in [0.15, 0.2) is 24.3 Å². The van der Waals surface area contributed by atoms with Crippen LogP contribution in [0.25, 0.3) is 0 Å². The minimum Gasteiger partial charge on any atom is -0.480 e. The number of aliphatic carboxylic acids is 1. The molecular weight excluding hydrogens is 298 g/mol. The zero-order valence-corrected chi connectivity index (χ0v) is 12.6. The maximum absolute atomic E-state index is 12.2. The van der Waals surface area contributed by atoms with Gasteiger partial charge in [-0.1, -0.05) is 19.1 Å². The number of carbonyl (C=O) groups excluding carboxylic acids is 1. The Labute approximate surface area is 123 Å². The van der Waals surface area contributed by atoms with Crippen LogP contribution in [0.4, 0.5) is 0 Å². The zero-order chi connectivity index (χ0) is 16.0. The van der Waals surface area contributed by atoms with Crippen LogP contribution in [0.5, 0.6) is 0 Å². The first-order valence-corrected chi connectivity index (χ1v) is 7.78. The van der Waals surface area contributed by atoms with Gasteiger partial charge in [0.2, 0.25) is 10.0 Å². The first-order valence-electron chi connectivity index (χ1n) is 6.17. The molecule has 0 unspecified atom stereocenters. The Hall–Kier alpha value is -1.93. The number of hydrogen-bond donors (Lipinski definition) is 1. The second kappa shape index (κ2) is 7.19. The predicted molar refractivity (Wildman–Crippen MR) is 75.3 cm³/mol. The Morgan fingerprint density at radius 1 is 1.33 bits per heavy atom. The lowest BCUT2D eigenvalue weighted by atomic mass is 10.1. The van der Waals surface area contributed by atoms with Gasteiger partial charge in [0.1, 0.15) is 6.54 Å². The highest BCUT2D eigenvalue weighted by Gasteiger charge is 2.23. The molecule has 0 aliphatic carbocycles. The molecule has 1 N–H and O–H groups in total. The quantitative estimate of drug-likeness (QED) is 0.744. The summed E-state index contributed by atoms with van der Waals surface area (Å²) in [6, 6.07) is 6.03. The second-order valence-electron chi connectivity index (χ2n) is 4.27. The molecule has 116 valence electrons. The Bertz CT molecular complexity index is 625. The minimum absolute atomic E-state index is 0.0608. The number of carboxylic acid groups (broad SMARTS) is 1. The summed E-state index contributed by atoms with van der Waals surface area (Å²) in [4.78, 5) is 22.1. The number of carbonyl (C=O) groups is 2. The van der Waals surface area contributed by atoms with E-state index in [1.165, 1.54) is 19.2 Å². The van der Waals surface area contributed by atoms with Gasteiger partial charge >= 0.3 is 11.9 Å². The molecule has 0 radical (unpaired) electrons. The maximum atomic E-state index is 12.2. The van der Waals surface area contributed by atoms with E-state index in [-0.39, 0.29) is 17.9 Å². The standard InChI is InChI=1S/C13H17NO6S/c1-3-14(8-12(15)16)21(18,19)9-10-5-4-6-11(7-10)13(17)20-2/h4-7H,3,8-9H2,1-2H3,(H,15,16). The van der Waals surface area contributed by atoms with E-state index in [0.717, 1.165) is 4.31 Å². The van der Waals surface area contributed by atoms with Crippen molar-refractivity contribution in [3.63, 3.8) is 0 Å². The van der Waals surface area contributed by atoms with E-state index >= 15 is 0 Å². The minimum atomic E-state index is -3.77. The summed E-state index contributed by atoms with van der Waals surface area (Å²) in [5, 5.41) is 8.73. The number of carboxylic acids is 1. The average molecular weight is 315 g/mol. The van der Waals surface area contributed by atoms with Gasteiger partial charge in [0, 0.05) is 6.54 Å². The van der Waals surface area contributed by atoms with Crippen LogP contribution in [-0.4, -0.2) is 50.0 Å². The summed E-state index contributed by atoms with van der Waals surface area (Å²) >= 11 is 0. The van der Waals surface area contributed by atoms with E-state index in [9.17, 15) is 18.0 Å². The average Bonchev–Trinajstić information content (AvgIpc) is 2.43. The van der Waals surface area contributed by atoms with E-state index in [0.29, 0.717) is 5.56 Å². The Morgan fingerprint density at radius 2 is 2.00 bits per heavy atom. The molecule has 0 bridgehead atoms. The van der Waals surface area contributed by atoms with E-state index in [4.69, 9.17) is 5.11 Å². The summed E-state index contributed by atoms with van der Waals surface area (Å²) in [5.74, 6) is -2.16. The third kappa shape index (κ3) is 4.83. The fourth-order valence-electron chi connectivity index (χ4n) is 1.77. The van der Waals surface area contributed by atoms with Gasteiger partial charge in [-0.25, -0.2) is 13.2 Å². The van der Waals surface area contributed by atoms with Gasteiger partial charge in [0.15, 0.2) is 0 Å². The molecule has 0 atom stereocenters. The molecule has 0 amide bonds. The smallest absolute Gasteiger partial charge is 0.337 e. The molecular formula is C13H17NO6S. The van der Waals surface area contributed by atoms with Crippen LogP contribution < -0.4 is 0 Å². The van der Waals surface area contributed by atoms with Gasteiger partial charge in [0.25, 0.3) is 0 Å². The fourth-order valence-corrected chi connectivity index (χ4v) is 3.25. The van der Waals surface area contributed by atoms with E-state index in [2.05, 4.69) is 4.74 Å². The number of likely N-dealkylation sites (N-methyl/N-ethyl adjacent to an activating group) is 1. The molecule has 0 saturated carbocycles. The van der Waals surface area contributed by atoms with Crippen molar-refractivity contribution in [3.8, 4) is 0 Å². The number of sulfonamides is 1.